The minimum absolute atomic E-state index is 0.274. The number of imidazole rings is 1. The predicted molar refractivity (Wildman–Crippen MR) is 101 cm³/mol. The van der Waals surface area contributed by atoms with Crippen molar-refractivity contribution in [2.45, 2.75) is 31.8 Å². The number of hydrogen-bond acceptors (Lipinski definition) is 8. The first kappa shape index (κ1) is 19.0. The summed E-state index contributed by atoms with van der Waals surface area (Å²) in [6.07, 6.45) is 1.44. The summed E-state index contributed by atoms with van der Waals surface area (Å²) >= 11 is 0. The number of nitrogens with zero attached hydrogens (tertiary/aromatic N) is 4. The highest BCUT2D eigenvalue weighted by Crippen LogP contribution is 2.33. The first-order chi connectivity index (χ1) is 14.1. The van der Waals surface area contributed by atoms with E-state index >= 15 is 0 Å². The molecule has 3 atom stereocenters. The van der Waals surface area contributed by atoms with Gasteiger partial charge in [-0.05, 0) is 12.1 Å². The van der Waals surface area contributed by atoms with Crippen LogP contribution in [0.3, 0.4) is 0 Å². The number of aliphatic hydroxyl groups is 1. The summed E-state index contributed by atoms with van der Waals surface area (Å²) in [6.45, 7) is 1.03. The van der Waals surface area contributed by atoms with E-state index in [1.165, 1.54) is 19.6 Å². The third kappa shape index (κ3) is 3.80. The zero-order valence-corrected chi connectivity index (χ0v) is 15.6. The molecule has 0 aliphatic carbocycles. The van der Waals surface area contributed by atoms with E-state index in [1.807, 2.05) is 6.07 Å². The average molecular weight is 397 g/mol. The fourth-order valence-electron chi connectivity index (χ4n) is 3.30. The predicted octanol–water partition coefficient (Wildman–Crippen LogP) is 1.29. The Morgan fingerprint density at radius 2 is 2.07 bits per heavy atom. The molecule has 10 heteroatoms. The maximum atomic E-state index is 12.4. The highest BCUT2D eigenvalue weighted by molar-refractivity contribution is 6.06. The summed E-state index contributed by atoms with van der Waals surface area (Å²) < 4.78 is 12.7. The van der Waals surface area contributed by atoms with Gasteiger partial charge < -0.3 is 19.9 Å². The lowest BCUT2D eigenvalue weighted by Crippen LogP contribution is -2.29. The standard InChI is InChI=1S/C19H19N5O5/c1-11(26)28-13-7-15(29-14(13)8-25)24-10-22-16-17(20-9-21-18(16)24)23-19(27)12-5-3-2-4-6-12/h2-6,9-10,13-15,25H,7-8H2,1H3,(H,20,21,23,27). The lowest BCUT2D eigenvalue weighted by Gasteiger charge is -2.15. The first-order valence-electron chi connectivity index (χ1n) is 9.04. The quantitative estimate of drug-likeness (QED) is 0.616. The number of benzene rings is 1. The molecule has 1 aliphatic heterocycles. The van der Waals surface area contributed by atoms with Crippen LogP contribution in [0.4, 0.5) is 5.82 Å². The molecule has 1 saturated heterocycles. The zero-order valence-electron chi connectivity index (χ0n) is 15.6. The molecule has 150 valence electrons. The van der Waals surface area contributed by atoms with Crippen LogP contribution in [0.1, 0.15) is 29.9 Å². The van der Waals surface area contributed by atoms with E-state index in [2.05, 4.69) is 20.3 Å². The fraction of sp³-hybridized carbons (Fsp3) is 0.316. The van der Waals surface area contributed by atoms with E-state index in [9.17, 15) is 14.7 Å². The van der Waals surface area contributed by atoms with Gasteiger partial charge in [0.2, 0.25) is 0 Å². The number of carbonyl (C=O) groups is 2. The van der Waals surface area contributed by atoms with Gasteiger partial charge in [-0.2, -0.15) is 0 Å². The van der Waals surface area contributed by atoms with Gasteiger partial charge in [-0.3, -0.25) is 14.2 Å². The molecule has 29 heavy (non-hydrogen) atoms. The molecule has 4 rings (SSSR count). The molecule has 0 spiro atoms. The Kier molecular flexibility index (Phi) is 5.19. The molecular formula is C19H19N5O5. The monoisotopic (exact) mass is 397 g/mol. The largest absolute Gasteiger partial charge is 0.460 e. The molecule has 1 aliphatic rings. The van der Waals surface area contributed by atoms with Gasteiger partial charge in [0.25, 0.3) is 5.91 Å². The van der Waals surface area contributed by atoms with E-state index in [0.717, 1.165) is 0 Å². The SMILES string of the molecule is CC(=O)OC1CC(n2cnc3c(NC(=O)c4ccccc4)ncnc32)OC1CO. The molecule has 0 bridgehead atoms. The van der Waals surface area contributed by atoms with Crippen LogP contribution >= 0.6 is 0 Å². The topological polar surface area (TPSA) is 128 Å². The van der Waals surface area contributed by atoms with E-state index in [0.29, 0.717) is 23.1 Å². The van der Waals surface area contributed by atoms with Crippen LogP contribution in [-0.4, -0.2) is 55.3 Å². The van der Waals surface area contributed by atoms with Crippen LogP contribution < -0.4 is 5.32 Å². The third-order valence-electron chi connectivity index (χ3n) is 4.61. The Balaban J connectivity index is 1.59. The van der Waals surface area contributed by atoms with Crippen molar-refractivity contribution in [1.82, 2.24) is 19.5 Å². The van der Waals surface area contributed by atoms with Gasteiger partial charge in [0.1, 0.15) is 24.8 Å². The number of nitrogens with one attached hydrogen (secondary N) is 1. The van der Waals surface area contributed by atoms with Gasteiger partial charge in [-0.1, -0.05) is 18.2 Å². The number of aromatic nitrogens is 4. The van der Waals surface area contributed by atoms with E-state index in [1.54, 1.807) is 28.8 Å². The molecule has 2 aromatic heterocycles. The van der Waals surface area contributed by atoms with Gasteiger partial charge in [0.15, 0.2) is 17.0 Å². The minimum Gasteiger partial charge on any atom is -0.460 e. The van der Waals surface area contributed by atoms with E-state index in [4.69, 9.17) is 9.47 Å². The molecule has 3 heterocycles. The number of hydrogen-bond donors (Lipinski definition) is 2. The van der Waals surface area contributed by atoms with Gasteiger partial charge in [0, 0.05) is 18.9 Å². The molecule has 1 aromatic carbocycles. The summed E-state index contributed by atoms with van der Waals surface area (Å²) in [5.74, 6) is -0.482. The highest BCUT2D eigenvalue weighted by Gasteiger charge is 2.38. The molecule has 1 amide bonds. The fourth-order valence-corrected chi connectivity index (χ4v) is 3.30. The molecule has 0 saturated carbocycles. The number of fused-ring (bicyclic) bond motifs is 1. The number of esters is 1. The Morgan fingerprint density at radius 1 is 1.28 bits per heavy atom. The van der Waals surface area contributed by atoms with Crippen molar-refractivity contribution in [1.29, 1.82) is 0 Å². The van der Waals surface area contributed by atoms with Crippen LogP contribution in [-0.2, 0) is 14.3 Å². The highest BCUT2D eigenvalue weighted by atomic mass is 16.6. The lowest BCUT2D eigenvalue weighted by molar-refractivity contribution is -0.150. The molecule has 0 radical (unpaired) electrons. The molecule has 2 N–H and O–H groups in total. The summed E-state index contributed by atoms with van der Waals surface area (Å²) in [5, 5.41) is 12.3. The van der Waals surface area contributed by atoms with Crippen molar-refractivity contribution < 1.29 is 24.2 Å². The number of anilines is 1. The number of carbonyl (C=O) groups excluding carboxylic acids is 2. The Morgan fingerprint density at radius 3 is 2.79 bits per heavy atom. The Labute approximate surface area is 165 Å². The minimum atomic E-state index is -0.638. The lowest BCUT2D eigenvalue weighted by atomic mass is 10.2. The molecule has 3 aromatic rings. The van der Waals surface area contributed by atoms with Crippen LogP contribution in [0, 0.1) is 0 Å². The average Bonchev–Trinajstić information content (AvgIpc) is 3.32. The normalized spacial score (nSPS) is 21.2. The summed E-state index contributed by atoms with van der Waals surface area (Å²) in [7, 11) is 0. The smallest absolute Gasteiger partial charge is 0.302 e. The molecule has 3 unspecified atom stereocenters. The van der Waals surface area contributed by atoms with Gasteiger partial charge >= 0.3 is 5.97 Å². The van der Waals surface area contributed by atoms with Crippen LogP contribution in [0.25, 0.3) is 11.2 Å². The van der Waals surface area contributed by atoms with Gasteiger partial charge in [-0.25, -0.2) is 15.0 Å². The number of rotatable bonds is 5. The second-order valence-corrected chi connectivity index (χ2v) is 6.56. The second kappa shape index (κ2) is 7.94. The Hall–Kier alpha value is -3.37. The van der Waals surface area contributed by atoms with Crippen LogP contribution in [0.2, 0.25) is 0 Å². The van der Waals surface area contributed by atoms with Crippen molar-refractivity contribution in [2.75, 3.05) is 11.9 Å². The third-order valence-corrected chi connectivity index (χ3v) is 4.61. The van der Waals surface area contributed by atoms with Crippen molar-refractivity contribution >= 4 is 28.9 Å². The number of ether oxygens (including phenoxy) is 2. The molecule has 1 fully saturated rings. The van der Waals surface area contributed by atoms with E-state index in [-0.39, 0.29) is 18.3 Å². The van der Waals surface area contributed by atoms with E-state index < -0.39 is 24.4 Å². The van der Waals surface area contributed by atoms with Crippen LogP contribution in [0.15, 0.2) is 43.0 Å². The van der Waals surface area contributed by atoms with Crippen LogP contribution in [0.5, 0.6) is 0 Å². The van der Waals surface area contributed by atoms with Crippen molar-refractivity contribution in [3.05, 3.63) is 48.5 Å². The number of amides is 1. The summed E-state index contributed by atoms with van der Waals surface area (Å²) in [4.78, 5) is 36.4. The summed E-state index contributed by atoms with van der Waals surface area (Å²) in [5.41, 5.74) is 1.35. The van der Waals surface area contributed by atoms with Crippen molar-refractivity contribution in [3.8, 4) is 0 Å². The summed E-state index contributed by atoms with van der Waals surface area (Å²) in [6, 6.07) is 8.76. The number of aliphatic hydroxyl groups excluding tert-OH is 1. The van der Waals surface area contributed by atoms with Crippen molar-refractivity contribution in [2.24, 2.45) is 0 Å². The van der Waals surface area contributed by atoms with Gasteiger partial charge in [-0.15, -0.1) is 0 Å². The second-order valence-electron chi connectivity index (χ2n) is 6.56. The molecular weight excluding hydrogens is 378 g/mol. The molecule has 10 nitrogen and oxygen atoms in total. The van der Waals surface area contributed by atoms with Gasteiger partial charge in [0.05, 0.1) is 12.9 Å². The Bertz CT molecular complexity index is 1040. The first-order valence-corrected chi connectivity index (χ1v) is 9.04. The maximum Gasteiger partial charge on any atom is 0.302 e. The maximum absolute atomic E-state index is 12.4. The van der Waals surface area contributed by atoms with Crippen molar-refractivity contribution in [3.63, 3.8) is 0 Å². The zero-order chi connectivity index (χ0) is 20.4.